The number of esters is 2. The van der Waals surface area contributed by atoms with E-state index in [9.17, 15) is 9.59 Å². The molecule has 1 aliphatic rings. The molecule has 1 aromatic carbocycles. The SMILES string of the molecule is CCOC(=O)C1(CCC(C)C)CC(CSn2cnc3ccccc32)OC1=O. The van der Waals surface area contributed by atoms with E-state index in [-0.39, 0.29) is 12.7 Å². The Hall–Kier alpha value is -2.02. The Labute approximate surface area is 163 Å². The Morgan fingerprint density at radius 1 is 1.44 bits per heavy atom. The van der Waals surface area contributed by atoms with Gasteiger partial charge >= 0.3 is 11.9 Å². The van der Waals surface area contributed by atoms with E-state index in [1.807, 2.05) is 28.2 Å². The molecule has 0 bridgehead atoms. The van der Waals surface area contributed by atoms with Crippen molar-refractivity contribution in [3.63, 3.8) is 0 Å². The quantitative estimate of drug-likeness (QED) is 0.504. The molecular formula is C20H26N2O4S. The van der Waals surface area contributed by atoms with Crippen molar-refractivity contribution in [1.29, 1.82) is 0 Å². The zero-order valence-electron chi connectivity index (χ0n) is 16.0. The normalized spacial score (nSPS) is 22.4. The fourth-order valence-electron chi connectivity index (χ4n) is 3.35. The molecule has 0 saturated carbocycles. The van der Waals surface area contributed by atoms with Crippen LogP contribution in [0, 0.1) is 11.3 Å². The van der Waals surface area contributed by atoms with E-state index in [4.69, 9.17) is 9.47 Å². The lowest BCUT2D eigenvalue weighted by atomic mass is 9.79. The molecule has 3 rings (SSSR count). The fraction of sp³-hybridized carbons (Fsp3) is 0.550. The minimum absolute atomic E-state index is 0.260. The number of carbonyl (C=O) groups is 2. The van der Waals surface area contributed by atoms with Crippen LogP contribution in [0.4, 0.5) is 0 Å². The van der Waals surface area contributed by atoms with Crippen molar-refractivity contribution in [2.24, 2.45) is 11.3 Å². The molecule has 6 nitrogen and oxygen atoms in total. The number of imidazole rings is 1. The summed E-state index contributed by atoms with van der Waals surface area (Å²) in [5, 5.41) is 0. The summed E-state index contributed by atoms with van der Waals surface area (Å²) < 4.78 is 12.8. The summed E-state index contributed by atoms with van der Waals surface area (Å²) in [5.74, 6) is 0.0725. The zero-order chi connectivity index (χ0) is 19.4. The molecule has 7 heteroatoms. The number of hydrogen-bond donors (Lipinski definition) is 0. The Balaban J connectivity index is 1.70. The van der Waals surface area contributed by atoms with Gasteiger partial charge in [0, 0.05) is 6.42 Å². The standard InChI is InChI=1S/C20H26N2O4S/c1-4-25-18(23)20(10-9-14(2)3)11-15(26-19(20)24)12-27-22-13-21-16-7-5-6-8-17(16)22/h5-8,13-15H,4,9-12H2,1-3H3. The first-order valence-corrected chi connectivity index (χ1v) is 10.3. The minimum atomic E-state index is -1.16. The molecule has 2 atom stereocenters. The number of aromatic nitrogens is 2. The Bertz CT molecular complexity index is 819. The lowest BCUT2D eigenvalue weighted by molar-refractivity contribution is -0.165. The summed E-state index contributed by atoms with van der Waals surface area (Å²) in [6.45, 7) is 6.18. The van der Waals surface area contributed by atoms with Crippen LogP contribution < -0.4 is 0 Å². The highest BCUT2D eigenvalue weighted by Gasteiger charge is 2.55. The van der Waals surface area contributed by atoms with Crippen molar-refractivity contribution in [3.05, 3.63) is 30.6 Å². The van der Waals surface area contributed by atoms with E-state index in [1.54, 1.807) is 13.3 Å². The highest BCUT2D eigenvalue weighted by Crippen LogP contribution is 2.41. The first kappa shape index (κ1) is 19.7. The van der Waals surface area contributed by atoms with E-state index in [1.165, 1.54) is 11.9 Å². The molecule has 1 fully saturated rings. The van der Waals surface area contributed by atoms with Gasteiger partial charge < -0.3 is 9.47 Å². The van der Waals surface area contributed by atoms with E-state index >= 15 is 0 Å². The van der Waals surface area contributed by atoms with Gasteiger partial charge in [0.25, 0.3) is 0 Å². The predicted molar refractivity (Wildman–Crippen MR) is 105 cm³/mol. The van der Waals surface area contributed by atoms with Gasteiger partial charge in [-0.2, -0.15) is 0 Å². The van der Waals surface area contributed by atoms with Crippen LogP contribution >= 0.6 is 11.9 Å². The van der Waals surface area contributed by atoms with Crippen LogP contribution in [-0.2, 0) is 19.1 Å². The maximum atomic E-state index is 12.7. The van der Waals surface area contributed by atoms with Crippen LogP contribution in [0.15, 0.2) is 30.6 Å². The number of cyclic esters (lactones) is 1. The summed E-state index contributed by atoms with van der Waals surface area (Å²) in [5.41, 5.74) is 0.775. The van der Waals surface area contributed by atoms with Crippen LogP contribution in [0.3, 0.4) is 0 Å². The third-order valence-corrected chi connectivity index (χ3v) is 5.97. The monoisotopic (exact) mass is 390 g/mol. The predicted octanol–water partition coefficient (Wildman–Crippen LogP) is 3.83. The molecule has 0 spiro atoms. The summed E-state index contributed by atoms with van der Waals surface area (Å²) in [6, 6.07) is 7.88. The molecule has 2 aromatic rings. The topological polar surface area (TPSA) is 70.4 Å². The van der Waals surface area contributed by atoms with E-state index in [0.29, 0.717) is 24.5 Å². The summed E-state index contributed by atoms with van der Waals surface area (Å²) in [6.07, 6.45) is 3.07. The molecule has 0 amide bonds. The van der Waals surface area contributed by atoms with Gasteiger partial charge in [-0.1, -0.05) is 26.0 Å². The number of rotatable bonds is 8. The van der Waals surface area contributed by atoms with Gasteiger partial charge in [-0.25, -0.2) is 4.98 Å². The summed E-state index contributed by atoms with van der Waals surface area (Å²) in [7, 11) is 0. The van der Waals surface area contributed by atoms with Crippen molar-refractivity contribution in [3.8, 4) is 0 Å². The smallest absolute Gasteiger partial charge is 0.323 e. The van der Waals surface area contributed by atoms with Gasteiger partial charge in [0.15, 0.2) is 5.41 Å². The second-order valence-electron chi connectivity index (χ2n) is 7.32. The van der Waals surface area contributed by atoms with Crippen LogP contribution in [0.25, 0.3) is 11.0 Å². The molecule has 1 aliphatic heterocycles. The number of hydrogen-bond acceptors (Lipinski definition) is 6. The Kier molecular flexibility index (Phi) is 6.09. The first-order valence-electron chi connectivity index (χ1n) is 9.40. The fourth-order valence-corrected chi connectivity index (χ4v) is 4.27. The van der Waals surface area contributed by atoms with Gasteiger partial charge in [-0.15, -0.1) is 0 Å². The molecule has 0 radical (unpaired) electrons. The molecule has 1 saturated heterocycles. The number of ether oxygens (including phenoxy) is 2. The van der Waals surface area contributed by atoms with Crippen LogP contribution in [0.5, 0.6) is 0 Å². The van der Waals surface area contributed by atoms with Crippen molar-refractivity contribution in [2.75, 3.05) is 12.4 Å². The number of fused-ring (bicyclic) bond motifs is 1. The highest BCUT2D eigenvalue weighted by atomic mass is 32.2. The number of benzene rings is 1. The van der Waals surface area contributed by atoms with E-state index in [2.05, 4.69) is 18.8 Å². The maximum absolute atomic E-state index is 12.7. The maximum Gasteiger partial charge on any atom is 0.323 e. The lowest BCUT2D eigenvalue weighted by Crippen LogP contribution is -2.38. The molecule has 27 heavy (non-hydrogen) atoms. The molecule has 0 N–H and O–H groups in total. The van der Waals surface area contributed by atoms with Gasteiger partial charge in [-0.05, 0) is 49.8 Å². The molecule has 146 valence electrons. The van der Waals surface area contributed by atoms with Gasteiger partial charge in [0.05, 0.1) is 23.4 Å². The molecular weight excluding hydrogens is 364 g/mol. The first-order chi connectivity index (χ1) is 13.0. The van der Waals surface area contributed by atoms with Crippen molar-refractivity contribution in [1.82, 2.24) is 8.96 Å². The van der Waals surface area contributed by atoms with E-state index in [0.717, 1.165) is 17.5 Å². The van der Waals surface area contributed by atoms with Crippen molar-refractivity contribution in [2.45, 2.75) is 46.1 Å². The minimum Gasteiger partial charge on any atom is -0.465 e. The van der Waals surface area contributed by atoms with Gasteiger partial charge in [-0.3, -0.25) is 13.6 Å². The van der Waals surface area contributed by atoms with Crippen LogP contribution in [0.2, 0.25) is 0 Å². The van der Waals surface area contributed by atoms with Gasteiger partial charge in [0.2, 0.25) is 0 Å². The average molecular weight is 391 g/mol. The van der Waals surface area contributed by atoms with Crippen molar-refractivity contribution < 1.29 is 19.1 Å². The zero-order valence-corrected chi connectivity index (χ0v) is 16.8. The van der Waals surface area contributed by atoms with E-state index < -0.39 is 17.4 Å². The third-order valence-electron chi connectivity index (χ3n) is 4.88. The Morgan fingerprint density at radius 3 is 2.96 bits per heavy atom. The lowest BCUT2D eigenvalue weighted by Gasteiger charge is -2.23. The summed E-state index contributed by atoms with van der Waals surface area (Å²) in [4.78, 5) is 29.6. The second-order valence-corrected chi connectivity index (χ2v) is 8.31. The molecule has 2 unspecified atom stereocenters. The summed E-state index contributed by atoms with van der Waals surface area (Å²) >= 11 is 1.53. The number of carbonyl (C=O) groups excluding carboxylic acids is 2. The number of para-hydroxylation sites is 2. The molecule has 1 aromatic heterocycles. The Morgan fingerprint density at radius 2 is 2.22 bits per heavy atom. The van der Waals surface area contributed by atoms with Gasteiger partial charge in [0.1, 0.15) is 12.4 Å². The molecule has 0 aliphatic carbocycles. The average Bonchev–Trinajstić information content (AvgIpc) is 3.20. The van der Waals surface area contributed by atoms with Crippen LogP contribution in [-0.4, -0.2) is 39.4 Å². The van der Waals surface area contributed by atoms with Crippen LogP contribution in [0.1, 0.15) is 40.0 Å². The largest absolute Gasteiger partial charge is 0.465 e. The van der Waals surface area contributed by atoms with Crippen molar-refractivity contribution >= 4 is 34.9 Å². The highest BCUT2D eigenvalue weighted by molar-refractivity contribution is 7.98. The second kappa shape index (κ2) is 8.33. The third kappa shape index (κ3) is 4.13. The molecule has 2 heterocycles. The number of nitrogens with zero attached hydrogens (tertiary/aromatic N) is 2.